The number of hydroxylamine groups is 1. The van der Waals surface area contributed by atoms with E-state index in [1.807, 2.05) is 5.48 Å². The number of amides is 1. The molecule has 0 bridgehead atoms. The first-order valence-corrected chi connectivity index (χ1v) is 13.7. The normalized spacial score (nSPS) is 16.8. The molecule has 1 heterocycles. The molecule has 1 aliphatic carbocycles. The lowest BCUT2D eigenvalue weighted by atomic mass is 10.1. The fourth-order valence-electron chi connectivity index (χ4n) is 4.40. The summed E-state index contributed by atoms with van der Waals surface area (Å²) in [4.78, 5) is 24.1. The molecule has 4 rings (SSSR count). The SMILES string of the molecule is CONC(=O)c1cc(OC)c(Nc2ncc(C(F)(F)F)c(O[C@@H]3Cc4ccccc4[C@H]3N(C)S(C)(=O)=O)n2)cc1F. The lowest BCUT2D eigenvalue weighted by molar-refractivity contribution is -0.140. The van der Waals surface area contributed by atoms with Crippen molar-refractivity contribution in [2.75, 3.05) is 32.8 Å². The van der Waals surface area contributed by atoms with Crippen molar-refractivity contribution in [2.45, 2.75) is 24.7 Å². The number of hydrogen-bond donors (Lipinski definition) is 2. The van der Waals surface area contributed by atoms with Gasteiger partial charge in [0.15, 0.2) is 0 Å². The number of carbonyl (C=O) groups excluding carboxylic acids is 1. The number of carbonyl (C=O) groups is 1. The van der Waals surface area contributed by atoms with Crippen molar-refractivity contribution in [1.29, 1.82) is 0 Å². The zero-order valence-corrected chi connectivity index (χ0v) is 22.9. The van der Waals surface area contributed by atoms with Gasteiger partial charge in [0, 0.05) is 25.7 Å². The Kier molecular flexibility index (Phi) is 8.37. The zero-order chi connectivity index (χ0) is 30.1. The van der Waals surface area contributed by atoms with Crippen molar-refractivity contribution in [3.63, 3.8) is 0 Å². The average Bonchev–Trinajstić information content (AvgIpc) is 3.25. The van der Waals surface area contributed by atoms with Gasteiger partial charge in [-0.3, -0.25) is 9.63 Å². The fraction of sp³-hybridized carbons (Fsp3) is 0.320. The molecule has 3 aromatic rings. The lowest BCUT2D eigenvalue weighted by Gasteiger charge is -2.29. The van der Waals surface area contributed by atoms with Crippen molar-refractivity contribution in [3.8, 4) is 11.6 Å². The summed E-state index contributed by atoms with van der Waals surface area (Å²) in [5.41, 5.74) is 1.43. The van der Waals surface area contributed by atoms with E-state index in [0.717, 1.165) is 29.8 Å². The van der Waals surface area contributed by atoms with E-state index in [4.69, 9.17) is 9.47 Å². The Morgan fingerprint density at radius 1 is 1.17 bits per heavy atom. The number of sulfonamides is 1. The Morgan fingerprint density at radius 3 is 2.51 bits per heavy atom. The van der Waals surface area contributed by atoms with Crippen LogP contribution in [-0.2, 0) is 27.5 Å². The first kappa shape index (κ1) is 30.0. The summed E-state index contributed by atoms with van der Waals surface area (Å²) in [6.07, 6.45) is -4.41. The van der Waals surface area contributed by atoms with Gasteiger partial charge in [0.2, 0.25) is 21.9 Å². The highest BCUT2D eigenvalue weighted by molar-refractivity contribution is 7.88. The topological polar surface area (TPSA) is 132 Å². The number of halogens is 4. The molecule has 0 saturated heterocycles. The van der Waals surface area contributed by atoms with E-state index in [9.17, 15) is 30.8 Å². The van der Waals surface area contributed by atoms with E-state index in [0.29, 0.717) is 17.3 Å². The minimum atomic E-state index is -4.92. The van der Waals surface area contributed by atoms with Gasteiger partial charge in [0.1, 0.15) is 23.2 Å². The molecule has 41 heavy (non-hydrogen) atoms. The first-order chi connectivity index (χ1) is 19.2. The molecule has 1 aromatic heterocycles. The molecular formula is C25H25F4N5O6S. The lowest BCUT2D eigenvalue weighted by Crippen LogP contribution is -2.38. The molecule has 0 radical (unpaired) electrons. The standard InChI is InChI=1S/C25H25F4N5O6S/c1-34(41(4,36)37)21-14-8-6-5-7-13(14)9-20(21)40-23-16(25(27,28)29)12-30-24(32-23)31-18-11-17(26)15(10-19(18)38-2)22(35)33-39-3/h5-8,10-12,20-21H,9H2,1-4H3,(H,33,35)(H,30,31,32)/t20-,21-/m1/s1. The Hall–Kier alpha value is -4.02. The summed E-state index contributed by atoms with van der Waals surface area (Å²) in [6, 6.07) is 7.81. The van der Waals surface area contributed by atoms with Gasteiger partial charge >= 0.3 is 6.18 Å². The second kappa shape index (κ2) is 11.5. The van der Waals surface area contributed by atoms with Gasteiger partial charge in [-0.15, -0.1) is 0 Å². The van der Waals surface area contributed by atoms with Gasteiger partial charge in [-0.2, -0.15) is 22.5 Å². The van der Waals surface area contributed by atoms with Gasteiger partial charge in [-0.05, 0) is 17.2 Å². The number of aromatic nitrogens is 2. The van der Waals surface area contributed by atoms with Gasteiger partial charge < -0.3 is 14.8 Å². The Bertz CT molecular complexity index is 1570. The second-order valence-electron chi connectivity index (χ2n) is 8.99. The van der Waals surface area contributed by atoms with Crippen LogP contribution >= 0.6 is 0 Å². The molecular weight excluding hydrogens is 574 g/mol. The van der Waals surface area contributed by atoms with Crippen LogP contribution in [0.1, 0.15) is 33.1 Å². The van der Waals surface area contributed by atoms with Crippen LogP contribution in [0.2, 0.25) is 0 Å². The molecule has 0 fully saturated rings. The van der Waals surface area contributed by atoms with Crippen molar-refractivity contribution in [2.24, 2.45) is 0 Å². The van der Waals surface area contributed by atoms with Gasteiger partial charge in [0.25, 0.3) is 5.91 Å². The number of ether oxygens (including phenoxy) is 2. The van der Waals surface area contributed by atoms with E-state index in [2.05, 4.69) is 20.1 Å². The zero-order valence-electron chi connectivity index (χ0n) is 22.1. The van der Waals surface area contributed by atoms with Crippen LogP contribution in [0.15, 0.2) is 42.6 Å². The maximum Gasteiger partial charge on any atom is 0.423 e. The third kappa shape index (κ3) is 6.34. The van der Waals surface area contributed by atoms with Crippen molar-refractivity contribution in [1.82, 2.24) is 19.8 Å². The molecule has 2 N–H and O–H groups in total. The molecule has 220 valence electrons. The first-order valence-electron chi connectivity index (χ1n) is 11.8. The Labute approximate surface area is 232 Å². The number of fused-ring (bicyclic) bond motifs is 1. The number of hydrogen-bond acceptors (Lipinski definition) is 9. The van der Waals surface area contributed by atoms with E-state index in [-0.39, 0.29) is 17.9 Å². The van der Waals surface area contributed by atoms with E-state index >= 15 is 0 Å². The number of rotatable bonds is 9. The van der Waals surface area contributed by atoms with Crippen LogP contribution in [0.25, 0.3) is 0 Å². The molecule has 0 spiro atoms. The van der Waals surface area contributed by atoms with Gasteiger partial charge in [-0.1, -0.05) is 24.3 Å². The molecule has 16 heteroatoms. The molecule has 0 saturated carbocycles. The number of nitrogens with zero attached hydrogens (tertiary/aromatic N) is 3. The summed E-state index contributed by atoms with van der Waals surface area (Å²) in [7, 11) is -0.0597. The predicted molar refractivity (Wildman–Crippen MR) is 138 cm³/mol. The van der Waals surface area contributed by atoms with Crippen molar-refractivity contribution < 1.29 is 45.1 Å². The third-order valence-corrected chi connectivity index (χ3v) is 7.63. The minimum absolute atomic E-state index is 0.0558. The van der Waals surface area contributed by atoms with Crippen molar-refractivity contribution in [3.05, 3.63) is 70.7 Å². The summed E-state index contributed by atoms with van der Waals surface area (Å²) in [6.45, 7) is 0. The highest BCUT2D eigenvalue weighted by Crippen LogP contribution is 2.42. The van der Waals surface area contributed by atoms with Crippen LogP contribution in [-0.4, -0.2) is 62.2 Å². The third-order valence-electron chi connectivity index (χ3n) is 6.36. The van der Waals surface area contributed by atoms with Crippen LogP contribution < -0.4 is 20.3 Å². The number of methoxy groups -OCH3 is 1. The Balaban J connectivity index is 1.72. The summed E-state index contributed by atoms with van der Waals surface area (Å²) < 4.78 is 93.3. The molecule has 1 amide bonds. The van der Waals surface area contributed by atoms with E-state index in [1.54, 1.807) is 24.3 Å². The molecule has 11 nitrogen and oxygen atoms in total. The summed E-state index contributed by atoms with van der Waals surface area (Å²) >= 11 is 0. The number of alkyl halides is 3. The number of anilines is 2. The van der Waals surface area contributed by atoms with Crippen LogP contribution in [0.3, 0.4) is 0 Å². The molecule has 1 aliphatic rings. The maximum atomic E-state index is 14.7. The average molecular weight is 600 g/mol. The smallest absolute Gasteiger partial charge is 0.423 e. The monoisotopic (exact) mass is 599 g/mol. The summed E-state index contributed by atoms with van der Waals surface area (Å²) in [5, 5.41) is 2.58. The number of nitrogens with one attached hydrogen (secondary N) is 2. The van der Waals surface area contributed by atoms with Crippen LogP contribution in [0, 0.1) is 5.82 Å². The largest absolute Gasteiger partial charge is 0.495 e. The van der Waals surface area contributed by atoms with Crippen LogP contribution in [0.5, 0.6) is 11.6 Å². The second-order valence-corrected chi connectivity index (χ2v) is 11.0. The number of benzene rings is 2. The van der Waals surface area contributed by atoms with Gasteiger partial charge in [-0.25, -0.2) is 23.3 Å². The minimum Gasteiger partial charge on any atom is -0.495 e. The maximum absolute atomic E-state index is 14.7. The summed E-state index contributed by atoms with van der Waals surface area (Å²) in [5.74, 6) is -3.23. The molecule has 2 aromatic carbocycles. The predicted octanol–water partition coefficient (Wildman–Crippen LogP) is 3.61. The van der Waals surface area contributed by atoms with E-state index in [1.165, 1.54) is 14.2 Å². The Morgan fingerprint density at radius 2 is 1.88 bits per heavy atom. The highest BCUT2D eigenvalue weighted by atomic mass is 32.2. The quantitative estimate of drug-likeness (QED) is 0.280. The molecule has 0 unspecified atom stereocenters. The fourth-order valence-corrected chi connectivity index (χ4v) is 5.06. The highest BCUT2D eigenvalue weighted by Gasteiger charge is 2.43. The molecule has 2 atom stereocenters. The van der Waals surface area contributed by atoms with Crippen molar-refractivity contribution >= 4 is 27.6 Å². The number of likely N-dealkylation sites (N-methyl/N-ethyl adjacent to an activating group) is 1. The van der Waals surface area contributed by atoms with E-state index < -0.39 is 63.0 Å². The van der Waals surface area contributed by atoms with Gasteiger partial charge in [0.05, 0.1) is 37.8 Å². The molecule has 0 aliphatic heterocycles. The van der Waals surface area contributed by atoms with Crippen LogP contribution in [0.4, 0.5) is 29.2 Å².